The molecule has 0 unspecified atom stereocenters. The highest BCUT2D eigenvalue weighted by molar-refractivity contribution is 6.03. The van der Waals surface area contributed by atoms with Crippen molar-refractivity contribution in [3.05, 3.63) is 47.2 Å². The van der Waals surface area contributed by atoms with Crippen LogP contribution in [0.4, 0.5) is 19.0 Å². The van der Waals surface area contributed by atoms with E-state index in [2.05, 4.69) is 10.4 Å². The Morgan fingerprint density at radius 2 is 2.00 bits per heavy atom. The van der Waals surface area contributed by atoms with Crippen molar-refractivity contribution < 1.29 is 18.0 Å². The third-order valence-electron chi connectivity index (χ3n) is 2.69. The number of anilines is 1. The first-order valence-electron chi connectivity index (χ1n) is 5.76. The molecule has 2 rings (SSSR count). The smallest absolute Gasteiger partial charge is 0.307 e. The second-order valence-corrected chi connectivity index (χ2v) is 4.36. The van der Waals surface area contributed by atoms with Crippen LogP contribution >= 0.6 is 0 Å². The summed E-state index contributed by atoms with van der Waals surface area (Å²) in [5.41, 5.74) is 0.220. The maximum absolute atomic E-state index is 12.5. The van der Waals surface area contributed by atoms with E-state index in [-0.39, 0.29) is 5.82 Å². The Balaban J connectivity index is 2.22. The summed E-state index contributed by atoms with van der Waals surface area (Å²) in [5.74, 6) is -0.491. The molecule has 0 fully saturated rings. The Bertz CT molecular complexity index is 647. The Morgan fingerprint density at radius 1 is 1.30 bits per heavy atom. The number of carbonyl (C=O) groups is 1. The highest BCUT2D eigenvalue weighted by atomic mass is 19.4. The van der Waals surface area contributed by atoms with Crippen LogP contribution in [0.15, 0.2) is 30.3 Å². The molecule has 0 saturated carbocycles. The molecule has 0 saturated heterocycles. The van der Waals surface area contributed by atoms with Crippen LogP contribution in [0, 0.1) is 6.92 Å². The summed E-state index contributed by atoms with van der Waals surface area (Å²) in [6.07, 6.45) is -4.54. The van der Waals surface area contributed by atoms with Crippen LogP contribution in [-0.4, -0.2) is 15.7 Å². The van der Waals surface area contributed by atoms with Crippen molar-refractivity contribution in [2.24, 2.45) is 7.05 Å². The van der Waals surface area contributed by atoms with Gasteiger partial charge in [-0.25, -0.2) is 0 Å². The van der Waals surface area contributed by atoms with Gasteiger partial charge in [-0.1, -0.05) is 17.7 Å². The van der Waals surface area contributed by atoms with Crippen LogP contribution in [0.2, 0.25) is 0 Å². The molecule has 7 heteroatoms. The third kappa shape index (κ3) is 2.98. The SMILES string of the molecule is Cc1cccc(C(=O)Nc2cc(C(F)(F)F)nn2C)c1. The average molecular weight is 283 g/mol. The van der Waals surface area contributed by atoms with E-state index in [9.17, 15) is 18.0 Å². The lowest BCUT2D eigenvalue weighted by atomic mass is 10.1. The minimum atomic E-state index is -4.54. The maximum atomic E-state index is 12.5. The minimum Gasteiger partial charge on any atom is -0.307 e. The summed E-state index contributed by atoms with van der Waals surface area (Å²) in [6, 6.07) is 7.56. The topological polar surface area (TPSA) is 46.9 Å². The van der Waals surface area contributed by atoms with Crippen LogP contribution in [0.3, 0.4) is 0 Å². The molecule has 0 aliphatic carbocycles. The van der Waals surface area contributed by atoms with E-state index >= 15 is 0 Å². The molecule has 106 valence electrons. The number of carbonyl (C=O) groups excluding carboxylic acids is 1. The Hall–Kier alpha value is -2.31. The van der Waals surface area contributed by atoms with E-state index in [1.54, 1.807) is 18.2 Å². The lowest BCUT2D eigenvalue weighted by Crippen LogP contribution is -2.14. The van der Waals surface area contributed by atoms with Crippen LogP contribution in [0.25, 0.3) is 0 Å². The minimum absolute atomic E-state index is 0.0103. The molecule has 0 radical (unpaired) electrons. The van der Waals surface area contributed by atoms with E-state index < -0.39 is 17.8 Å². The van der Waals surface area contributed by atoms with Gasteiger partial charge in [0.25, 0.3) is 5.91 Å². The number of nitrogens with one attached hydrogen (secondary N) is 1. The van der Waals surface area contributed by atoms with E-state index in [1.165, 1.54) is 7.05 Å². The molecule has 1 aromatic heterocycles. The molecule has 20 heavy (non-hydrogen) atoms. The van der Waals surface area contributed by atoms with E-state index in [1.807, 2.05) is 13.0 Å². The largest absolute Gasteiger partial charge is 0.435 e. The van der Waals surface area contributed by atoms with Gasteiger partial charge >= 0.3 is 6.18 Å². The number of alkyl halides is 3. The zero-order valence-electron chi connectivity index (χ0n) is 10.8. The first kappa shape index (κ1) is 14.1. The van der Waals surface area contributed by atoms with Crippen molar-refractivity contribution in [2.75, 3.05) is 5.32 Å². The van der Waals surface area contributed by atoms with Crippen LogP contribution in [-0.2, 0) is 13.2 Å². The fraction of sp³-hybridized carbons (Fsp3) is 0.231. The number of aromatic nitrogens is 2. The second kappa shape index (κ2) is 4.99. The van der Waals surface area contributed by atoms with Gasteiger partial charge < -0.3 is 5.32 Å². The predicted molar refractivity (Wildman–Crippen MR) is 67.3 cm³/mol. The second-order valence-electron chi connectivity index (χ2n) is 4.36. The summed E-state index contributed by atoms with van der Waals surface area (Å²) >= 11 is 0. The number of nitrogens with zero attached hydrogens (tertiary/aromatic N) is 2. The number of hydrogen-bond donors (Lipinski definition) is 1. The molecule has 0 bridgehead atoms. The van der Waals surface area contributed by atoms with Gasteiger partial charge in [0, 0.05) is 18.7 Å². The number of amides is 1. The first-order valence-corrected chi connectivity index (χ1v) is 5.76. The molecule has 1 heterocycles. The van der Waals surface area contributed by atoms with Gasteiger partial charge in [0.2, 0.25) is 0 Å². The van der Waals surface area contributed by atoms with Gasteiger partial charge in [0.15, 0.2) is 5.69 Å². The number of aryl methyl sites for hydroxylation is 2. The molecule has 1 N–H and O–H groups in total. The Morgan fingerprint density at radius 3 is 2.55 bits per heavy atom. The molecule has 1 amide bonds. The van der Waals surface area contributed by atoms with Crippen molar-refractivity contribution in [1.29, 1.82) is 0 Å². The van der Waals surface area contributed by atoms with Crippen LogP contribution in [0.1, 0.15) is 21.6 Å². The number of rotatable bonds is 2. The van der Waals surface area contributed by atoms with Crippen molar-refractivity contribution in [3.63, 3.8) is 0 Å². The van der Waals surface area contributed by atoms with E-state index in [0.29, 0.717) is 5.56 Å². The molecule has 1 aromatic carbocycles. The lowest BCUT2D eigenvalue weighted by molar-refractivity contribution is -0.141. The lowest BCUT2D eigenvalue weighted by Gasteiger charge is -2.05. The van der Waals surface area contributed by atoms with Gasteiger partial charge in [0.05, 0.1) is 0 Å². The zero-order chi connectivity index (χ0) is 14.9. The van der Waals surface area contributed by atoms with Crippen LogP contribution in [0.5, 0.6) is 0 Å². The first-order chi connectivity index (χ1) is 9.27. The van der Waals surface area contributed by atoms with E-state index in [0.717, 1.165) is 16.3 Å². The van der Waals surface area contributed by atoms with Gasteiger partial charge in [-0.3, -0.25) is 9.48 Å². The summed E-state index contributed by atoms with van der Waals surface area (Å²) in [4.78, 5) is 11.9. The zero-order valence-corrected chi connectivity index (χ0v) is 10.8. The van der Waals surface area contributed by atoms with Crippen molar-refractivity contribution in [3.8, 4) is 0 Å². The Kier molecular flexibility index (Phi) is 3.52. The summed E-state index contributed by atoms with van der Waals surface area (Å²) in [5, 5.41) is 5.73. The average Bonchev–Trinajstić information content (AvgIpc) is 2.71. The Labute approximate surface area is 113 Å². The predicted octanol–water partition coefficient (Wildman–Crippen LogP) is 3.00. The molecular weight excluding hydrogens is 271 g/mol. The molecule has 4 nitrogen and oxygen atoms in total. The van der Waals surface area contributed by atoms with Crippen LogP contribution < -0.4 is 5.32 Å². The highest BCUT2D eigenvalue weighted by Gasteiger charge is 2.34. The standard InChI is InChI=1S/C13H12F3N3O/c1-8-4-3-5-9(6-8)12(20)17-11-7-10(13(14,15)16)18-19(11)2/h3-7H,1-2H3,(H,17,20). The summed E-state index contributed by atoms with van der Waals surface area (Å²) in [7, 11) is 1.33. The fourth-order valence-electron chi connectivity index (χ4n) is 1.70. The van der Waals surface area contributed by atoms with Gasteiger partial charge in [-0.2, -0.15) is 18.3 Å². The number of benzene rings is 1. The molecule has 0 aliphatic heterocycles. The molecular formula is C13H12F3N3O. The fourth-order valence-corrected chi connectivity index (χ4v) is 1.70. The summed E-state index contributed by atoms with van der Waals surface area (Å²) < 4.78 is 38.5. The number of halogens is 3. The van der Waals surface area contributed by atoms with Crippen molar-refractivity contribution >= 4 is 11.7 Å². The molecule has 0 atom stereocenters. The molecule has 0 spiro atoms. The maximum Gasteiger partial charge on any atom is 0.435 e. The van der Waals surface area contributed by atoms with E-state index in [4.69, 9.17) is 0 Å². The van der Waals surface area contributed by atoms with Gasteiger partial charge in [-0.15, -0.1) is 0 Å². The molecule has 0 aliphatic rings. The van der Waals surface area contributed by atoms with Crippen molar-refractivity contribution in [1.82, 2.24) is 9.78 Å². The quantitative estimate of drug-likeness (QED) is 0.921. The van der Waals surface area contributed by atoms with Crippen molar-refractivity contribution in [2.45, 2.75) is 13.1 Å². The highest BCUT2D eigenvalue weighted by Crippen LogP contribution is 2.29. The normalized spacial score (nSPS) is 11.4. The van der Waals surface area contributed by atoms with Gasteiger partial charge in [0.1, 0.15) is 5.82 Å². The van der Waals surface area contributed by atoms with Gasteiger partial charge in [-0.05, 0) is 19.1 Å². The number of hydrogen-bond acceptors (Lipinski definition) is 2. The monoisotopic (exact) mass is 283 g/mol. The summed E-state index contributed by atoms with van der Waals surface area (Å²) in [6.45, 7) is 1.82. The third-order valence-corrected chi connectivity index (χ3v) is 2.69. The molecule has 2 aromatic rings.